The van der Waals surface area contributed by atoms with Gasteiger partial charge in [-0.3, -0.25) is 0 Å². The Bertz CT molecular complexity index is 1300. The minimum atomic E-state index is -1.07. The summed E-state index contributed by atoms with van der Waals surface area (Å²) in [4.78, 5) is 15.2. The quantitative estimate of drug-likeness (QED) is 0.422. The zero-order valence-corrected chi connectivity index (χ0v) is 22.4. The number of benzene rings is 2. The Morgan fingerprint density at radius 2 is 1.83 bits per heavy atom. The number of nitrogens with zero attached hydrogens (tertiary/aromatic N) is 2. The molecule has 1 aliphatic heterocycles. The van der Waals surface area contributed by atoms with Gasteiger partial charge in [-0.25, -0.2) is 4.79 Å². The standard InChI is InChI=1S/C30H39N3O3/c1-18-7-9-21(10-8-18)25-23-17-19(2)33-16-15-32(14-13-31-22-11-12-22)26(27(23)33)20(3)24(25)28(29(34)35)36-30(4,5)6/h7-10,17,22,28,31H,11-16H2,1-6H3,(H,34,35)/t28-/m0/s1. The number of ether oxygens (including phenoxy) is 1. The van der Waals surface area contributed by atoms with Gasteiger partial charge in [0.05, 0.1) is 16.8 Å². The number of hydrogen-bond acceptors (Lipinski definition) is 4. The van der Waals surface area contributed by atoms with E-state index in [9.17, 15) is 9.90 Å². The third-order valence-electron chi connectivity index (χ3n) is 7.43. The molecule has 1 fully saturated rings. The van der Waals surface area contributed by atoms with Gasteiger partial charge in [0.25, 0.3) is 0 Å². The molecule has 2 N–H and O–H groups in total. The summed E-state index contributed by atoms with van der Waals surface area (Å²) in [7, 11) is 0. The highest BCUT2D eigenvalue weighted by Gasteiger charge is 2.36. The molecule has 0 saturated heterocycles. The molecule has 2 heterocycles. The summed E-state index contributed by atoms with van der Waals surface area (Å²) in [6.07, 6.45) is 1.47. The fourth-order valence-electron chi connectivity index (χ4n) is 5.63. The molecule has 1 aliphatic carbocycles. The Morgan fingerprint density at radius 1 is 1.14 bits per heavy atom. The number of aromatic nitrogens is 1. The monoisotopic (exact) mass is 489 g/mol. The maximum Gasteiger partial charge on any atom is 0.337 e. The Balaban J connectivity index is 1.77. The number of hydrogen-bond donors (Lipinski definition) is 2. The van der Waals surface area contributed by atoms with Crippen LogP contribution < -0.4 is 10.2 Å². The summed E-state index contributed by atoms with van der Waals surface area (Å²) >= 11 is 0. The molecule has 6 nitrogen and oxygen atoms in total. The molecule has 6 heteroatoms. The molecule has 2 aromatic carbocycles. The molecule has 0 spiro atoms. The molecule has 0 unspecified atom stereocenters. The maximum absolute atomic E-state index is 12.8. The average molecular weight is 490 g/mol. The van der Waals surface area contributed by atoms with Crippen LogP contribution in [0.2, 0.25) is 0 Å². The molecule has 1 atom stereocenters. The van der Waals surface area contributed by atoms with Crippen LogP contribution in [-0.2, 0) is 16.1 Å². The molecule has 0 bridgehead atoms. The van der Waals surface area contributed by atoms with Crippen molar-refractivity contribution in [3.8, 4) is 11.1 Å². The molecule has 1 aromatic heterocycles. The highest BCUT2D eigenvalue weighted by molar-refractivity contribution is 6.07. The van der Waals surface area contributed by atoms with E-state index in [1.807, 2.05) is 20.8 Å². The van der Waals surface area contributed by atoms with Gasteiger partial charge in [-0.15, -0.1) is 0 Å². The van der Waals surface area contributed by atoms with Crippen molar-refractivity contribution in [2.75, 3.05) is 24.5 Å². The van der Waals surface area contributed by atoms with Crippen LogP contribution in [0.15, 0.2) is 30.3 Å². The number of aliphatic carboxylic acids is 1. The number of anilines is 1. The van der Waals surface area contributed by atoms with Gasteiger partial charge in [0.15, 0.2) is 6.10 Å². The van der Waals surface area contributed by atoms with Crippen LogP contribution in [0.25, 0.3) is 22.0 Å². The zero-order valence-electron chi connectivity index (χ0n) is 22.4. The number of carboxylic acids is 1. The molecular formula is C30H39N3O3. The van der Waals surface area contributed by atoms with Gasteiger partial charge in [-0.2, -0.15) is 0 Å². The van der Waals surface area contributed by atoms with E-state index in [2.05, 4.69) is 65.9 Å². The first-order chi connectivity index (χ1) is 17.0. The van der Waals surface area contributed by atoms with Gasteiger partial charge in [0.2, 0.25) is 0 Å². The first-order valence-electron chi connectivity index (χ1n) is 13.2. The van der Waals surface area contributed by atoms with Crippen molar-refractivity contribution in [2.45, 2.75) is 78.7 Å². The first-order valence-corrected chi connectivity index (χ1v) is 13.2. The van der Waals surface area contributed by atoms with Crippen LogP contribution >= 0.6 is 0 Å². The molecule has 0 amide bonds. The molecule has 192 valence electrons. The lowest BCUT2D eigenvalue weighted by atomic mass is 9.87. The second-order valence-electron chi connectivity index (χ2n) is 11.5. The third-order valence-corrected chi connectivity index (χ3v) is 7.43. The van der Waals surface area contributed by atoms with E-state index in [1.165, 1.54) is 29.6 Å². The van der Waals surface area contributed by atoms with Crippen molar-refractivity contribution in [3.63, 3.8) is 0 Å². The van der Waals surface area contributed by atoms with E-state index in [4.69, 9.17) is 4.74 Å². The van der Waals surface area contributed by atoms with E-state index < -0.39 is 17.7 Å². The van der Waals surface area contributed by atoms with E-state index >= 15 is 0 Å². The Kier molecular flexibility index (Phi) is 6.38. The summed E-state index contributed by atoms with van der Waals surface area (Å²) in [6.45, 7) is 15.7. The van der Waals surface area contributed by atoms with Gasteiger partial charge in [0, 0.05) is 48.9 Å². The van der Waals surface area contributed by atoms with Gasteiger partial charge in [-0.1, -0.05) is 29.8 Å². The SMILES string of the molecule is Cc1ccc(-c2c([C@H](OC(C)(C)C)C(=O)O)c(C)c3c4c2cc(C)n4CCN3CCNC2CC2)cc1. The van der Waals surface area contributed by atoms with Gasteiger partial charge >= 0.3 is 5.97 Å². The average Bonchev–Trinajstić information content (AvgIpc) is 3.57. The normalized spacial score (nSPS) is 16.6. The largest absolute Gasteiger partial charge is 0.479 e. The topological polar surface area (TPSA) is 66.7 Å². The lowest BCUT2D eigenvalue weighted by Gasteiger charge is -2.36. The summed E-state index contributed by atoms with van der Waals surface area (Å²) < 4.78 is 8.68. The minimum absolute atomic E-state index is 0.609. The van der Waals surface area contributed by atoms with Gasteiger partial charge in [-0.05, 0) is 77.1 Å². The van der Waals surface area contributed by atoms with Crippen molar-refractivity contribution in [3.05, 3.63) is 52.7 Å². The van der Waals surface area contributed by atoms with E-state index in [0.717, 1.165) is 59.5 Å². The Hall–Kier alpha value is -2.83. The number of aryl methyl sites for hydroxylation is 2. The van der Waals surface area contributed by atoms with Crippen LogP contribution in [0.5, 0.6) is 0 Å². The highest BCUT2D eigenvalue weighted by Crippen LogP contribution is 2.47. The Labute approximate surface area is 214 Å². The van der Waals surface area contributed by atoms with Crippen molar-refractivity contribution >= 4 is 22.6 Å². The predicted octanol–water partition coefficient (Wildman–Crippen LogP) is 5.75. The molecular weight excluding hydrogens is 450 g/mol. The van der Waals surface area contributed by atoms with Crippen molar-refractivity contribution < 1.29 is 14.6 Å². The highest BCUT2D eigenvalue weighted by atomic mass is 16.5. The third kappa shape index (κ3) is 4.64. The molecule has 2 aliphatic rings. The lowest BCUT2D eigenvalue weighted by molar-refractivity contribution is -0.160. The smallest absolute Gasteiger partial charge is 0.337 e. The van der Waals surface area contributed by atoms with Crippen LogP contribution in [0.3, 0.4) is 0 Å². The summed E-state index contributed by atoms with van der Waals surface area (Å²) in [5.41, 5.74) is 7.90. The maximum atomic E-state index is 12.8. The van der Waals surface area contributed by atoms with Crippen LogP contribution in [-0.4, -0.2) is 46.9 Å². The van der Waals surface area contributed by atoms with E-state index in [0.29, 0.717) is 6.04 Å². The number of nitrogens with one attached hydrogen (secondary N) is 1. The predicted molar refractivity (Wildman–Crippen MR) is 146 cm³/mol. The summed E-state index contributed by atoms with van der Waals surface area (Å²) in [6, 6.07) is 11.3. The Morgan fingerprint density at radius 3 is 2.44 bits per heavy atom. The van der Waals surface area contributed by atoms with Gasteiger partial charge in [0.1, 0.15) is 0 Å². The zero-order chi connectivity index (χ0) is 25.8. The first kappa shape index (κ1) is 24.8. The lowest BCUT2D eigenvalue weighted by Crippen LogP contribution is -2.38. The second kappa shape index (κ2) is 9.24. The van der Waals surface area contributed by atoms with Crippen molar-refractivity contribution in [1.29, 1.82) is 0 Å². The fourth-order valence-corrected chi connectivity index (χ4v) is 5.63. The molecule has 1 saturated carbocycles. The van der Waals surface area contributed by atoms with Crippen LogP contribution in [0.4, 0.5) is 5.69 Å². The van der Waals surface area contributed by atoms with Crippen molar-refractivity contribution in [1.82, 2.24) is 9.88 Å². The van der Waals surface area contributed by atoms with Crippen molar-refractivity contribution in [2.24, 2.45) is 0 Å². The second-order valence-corrected chi connectivity index (χ2v) is 11.5. The number of carbonyl (C=O) groups is 1. The molecule has 3 aromatic rings. The number of carboxylic acid groups (broad SMARTS) is 1. The van der Waals surface area contributed by atoms with E-state index in [-0.39, 0.29) is 0 Å². The minimum Gasteiger partial charge on any atom is -0.479 e. The van der Waals surface area contributed by atoms with Gasteiger partial charge < -0.3 is 24.6 Å². The molecule has 5 rings (SSSR count). The van der Waals surface area contributed by atoms with E-state index in [1.54, 1.807) is 0 Å². The molecule has 36 heavy (non-hydrogen) atoms. The molecule has 0 radical (unpaired) electrons. The number of rotatable bonds is 8. The van der Waals surface area contributed by atoms with Crippen LogP contribution in [0, 0.1) is 20.8 Å². The van der Waals surface area contributed by atoms with Crippen LogP contribution in [0.1, 0.15) is 62.1 Å². The summed E-state index contributed by atoms with van der Waals surface area (Å²) in [5, 5.41) is 15.2. The fraction of sp³-hybridized carbons (Fsp3) is 0.500. The summed E-state index contributed by atoms with van der Waals surface area (Å²) in [5.74, 6) is -0.957.